The summed E-state index contributed by atoms with van der Waals surface area (Å²) in [5.74, 6) is 0.669. The van der Waals surface area contributed by atoms with E-state index >= 15 is 0 Å². The summed E-state index contributed by atoms with van der Waals surface area (Å²) in [5, 5.41) is 3.19. The molecule has 1 aliphatic rings. The van der Waals surface area contributed by atoms with Crippen molar-refractivity contribution in [1.29, 1.82) is 0 Å². The molecule has 1 N–H and O–H groups in total. The molecule has 0 saturated heterocycles. The molecule has 0 spiro atoms. The van der Waals surface area contributed by atoms with Gasteiger partial charge in [-0.15, -0.1) is 0 Å². The van der Waals surface area contributed by atoms with Crippen molar-refractivity contribution in [3.8, 4) is 0 Å². The van der Waals surface area contributed by atoms with E-state index in [1.54, 1.807) is 0 Å². The minimum atomic E-state index is 0.669. The zero-order chi connectivity index (χ0) is 8.10. The summed E-state index contributed by atoms with van der Waals surface area (Å²) >= 11 is 0. The lowest BCUT2D eigenvalue weighted by molar-refractivity contribution is -0.108. The second kappa shape index (κ2) is 4.84. The van der Waals surface area contributed by atoms with E-state index in [9.17, 15) is 4.79 Å². The van der Waals surface area contributed by atoms with E-state index in [0.717, 1.165) is 12.7 Å². The van der Waals surface area contributed by atoms with Gasteiger partial charge in [-0.25, -0.2) is 0 Å². The van der Waals surface area contributed by atoms with Gasteiger partial charge in [0.05, 0.1) is 0 Å². The molecule has 1 atom stereocenters. The van der Waals surface area contributed by atoms with E-state index < -0.39 is 0 Å². The van der Waals surface area contributed by atoms with Gasteiger partial charge in [0.2, 0.25) is 0 Å². The summed E-state index contributed by atoms with van der Waals surface area (Å²) < 4.78 is 0. The molecule has 0 radical (unpaired) electrons. The molecule has 0 aliphatic heterocycles. The third kappa shape index (κ3) is 2.88. The Morgan fingerprint density at radius 2 is 2.00 bits per heavy atom. The van der Waals surface area contributed by atoms with Crippen molar-refractivity contribution < 1.29 is 4.79 Å². The summed E-state index contributed by atoms with van der Waals surface area (Å²) in [7, 11) is 2.57. The first-order valence-electron chi connectivity index (χ1n) is 4.26. The smallest absolute Gasteiger partial charge is 0.120 e. The van der Waals surface area contributed by atoms with E-state index in [2.05, 4.69) is 14.5 Å². The van der Waals surface area contributed by atoms with E-state index in [1.807, 2.05) is 0 Å². The normalized spacial score (nSPS) is 31.7. The highest BCUT2D eigenvalue weighted by atomic mass is 31.0. The molecule has 0 heterocycles. The molecular weight excluding hydrogens is 157 g/mol. The van der Waals surface area contributed by atoms with Crippen LogP contribution >= 0.6 is 9.39 Å². The lowest BCUT2D eigenvalue weighted by Crippen LogP contribution is -2.26. The molecule has 0 aromatic carbocycles. The van der Waals surface area contributed by atoms with Crippen LogP contribution in [0.4, 0.5) is 0 Å². The van der Waals surface area contributed by atoms with Crippen molar-refractivity contribution in [2.45, 2.75) is 38.1 Å². The highest BCUT2D eigenvalue weighted by molar-refractivity contribution is 7.13. The van der Waals surface area contributed by atoms with Gasteiger partial charge in [0, 0.05) is 12.5 Å². The second-order valence-electron chi connectivity index (χ2n) is 3.29. The Kier molecular flexibility index (Phi) is 4.03. The van der Waals surface area contributed by atoms with Gasteiger partial charge in [0.1, 0.15) is 6.29 Å². The Balaban J connectivity index is 2.18. The summed E-state index contributed by atoms with van der Waals surface area (Å²) in [4.78, 5) is 10.2. The Labute approximate surface area is 70.4 Å². The summed E-state index contributed by atoms with van der Waals surface area (Å²) in [6.07, 6.45) is 6.70. The molecule has 1 unspecified atom stereocenters. The molecule has 0 bridgehead atoms. The van der Waals surface area contributed by atoms with Crippen LogP contribution in [-0.2, 0) is 4.79 Å². The van der Waals surface area contributed by atoms with Crippen LogP contribution in [0.2, 0.25) is 0 Å². The number of rotatable bonds is 3. The average molecular weight is 173 g/mol. The van der Waals surface area contributed by atoms with Crippen LogP contribution < -0.4 is 5.09 Å². The average Bonchev–Trinajstić information content (AvgIpc) is 2.07. The van der Waals surface area contributed by atoms with Gasteiger partial charge < -0.3 is 4.79 Å². The first-order chi connectivity index (χ1) is 5.36. The summed E-state index contributed by atoms with van der Waals surface area (Å²) in [6.45, 7) is 0. The van der Waals surface area contributed by atoms with Crippen molar-refractivity contribution in [2.75, 3.05) is 0 Å². The van der Waals surface area contributed by atoms with Gasteiger partial charge in [-0.3, -0.25) is 5.09 Å². The monoisotopic (exact) mass is 173 g/mol. The van der Waals surface area contributed by atoms with Gasteiger partial charge >= 0.3 is 0 Å². The Morgan fingerprint density at radius 1 is 1.36 bits per heavy atom. The van der Waals surface area contributed by atoms with Crippen LogP contribution in [0.3, 0.4) is 0 Å². The highest BCUT2D eigenvalue weighted by Gasteiger charge is 2.18. The number of hydrogen-bond acceptors (Lipinski definition) is 2. The molecule has 0 aromatic rings. The number of carbonyl (C=O) groups is 1. The fraction of sp³-hybridized carbons (Fsp3) is 0.875. The van der Waals surface area contributed by atoms with E-state index in [1.165, 1.54) is 25.7 Å². The SMILES string of the molecule is O=CCC1CCC(NP)CC1. The molecule has 3 heteroatoms. The Morgan fingerprint density at radius 3 is 2.45 bits per heavy atom. The molecule has 1 saturated carbocycles. The number of aldehydes is 1. The van der Waals surface area contributed by atoms with Crippen molar-refractivity contribution in [3.63, 3.8) is 0 Å². The molecule has 0 aromatic heterocycles. The fourth-order valence-electron chi connectivity index (χ4n) is 1.70. The predicted molar refractivity (Wildman–Crippen MR) is 49.3 cm³/mol. The standard InChI is InChI=1S/C8H16NOP/c10-6-5-7-1-3-8(9-11)4-2-7/h6-9H,1-5,11H2. The quantitative estimate of drug-likeness (QED) is 0.517. The maximum Gasteiger partial charge on any atom is 0.120 e. The molecule has 11 heavy (non-hydrogen) atoms. The molecule has 1 fully saturated rings. The lowest BCUT2D eigenvalue weighted by Gasteiger charge is -2.26. The zero-order valence-corrected chi connectivity index (χ0v) is 7.91. The van der Waals surface area contributed by atoms with Crippen molar-refractivity contribution in [3.05, 3.63) is 0 Å². The molecule has 1 aliphatic carbocycles. The lowest BCUT2D eigenvalue weighted by atomic mass is 9.85. The van der Waals surface area contributed by atoms with Gasteiger partial charge in [0.25, 0.3) is 0 Å². The Bertz CT molecular complexity index is 121. The van der Waals surface area contributed by atoms with Crippen LogP contribution in [-0.4, -0.2) is 12.3 Å². The third-order valence-electron chi connectivity index (χ3n) is 2.51. The maximum absolute atomic E-state index is 10.2. The van der Waals surface area contributed by atoms with Crippen LogP contribution in [0.25, 0.3) is 0 Å². The van der Waals surface area contributed by atoms with Crippen molar-refractivity contribution >= 4 is 15.7 Å². The minimum absolute atomic E-state index is 0.669. The molecular formula is C8H16NOP. The third-order valence-corrected chi connectivity index (χ3v) is 2.98. The van der Waals surface area contributed by atoms with Crippen molar-refractivity contribution in [1.82, 2.24) is 5.09 Å². The van der Waals surface area contributed by atoms with E-state index in [0.29, 0.717) is 12.0 Å². The molecule has 64 valence electrons. The first kappa shape index (κ1) is 9.15. The van der Waals surface area contributed by atoms with Crippen LogP contribution in [0.5, 0.6) is 0 Å². The number of hydrogen-bond donors (Lipinski definition) is 1. The van der Waals surface area contributed by atoms with Gasteiger partial charge in [-0.1, -0.05) is 9.39 Å². The zero-order valence-electron chi connectivity index (χ0n) is 6.75. The van der Waals surface area contributed by atoms with Crippen LogP contribution in [0.1, 0.15) is 32.1 Å². The van der Waals surface area contributed by atoms with Crippen LogP contribution in [0.15, 0.2) is 0 Å². The van der Waals surface area contributed by atoms with Gasteiger partial charge in [-0.05, 0) is 31.6 Å². The number of nitrogens with one attached hydrogen (secondary N) is 1. The first-order valence-corrected chi connectivity index (χ1v) is 4.84. The molecule has 1 rings (SSSR count). The second-order valence-corrected chi connectivity index (χ2v) is 3.62. The molecule has 0 amide bonds. The topological polar surface area (TPSA) is 29.1 Å². The van der Waals surface area contributed by atoms with Crippen LogP contribution in [0, 0.1) is 5.92 Å². The Hall–Kier alpha value is 0.0600. The van der Waals surface area contributed by atoms with Crippen molar-refractivity contribution in [2.24, 2.45) is 5.92 Å². The highest BCUT2D eigenvalue weighted by Crippen LogP contribution is 2.26. The van der Waals surface area contributed by atoms with Gasteiger partial charge in [-0.2, -0.15) is 0 Å². The molecule has 2 nitrogen and oxygen atoms in total. The van der Waals surface area contributed by atoms with E-state index in [-0.39, 0.29) is 0 Å². The summed E-state index contributed by atoms with van der Waals surface area (Å²) in [5.41, 5.74) is 0. The predicted octanol–water partition coefficient (Wildman–Crippen LogP) is 1.51. The minimum Gasteiger partial charge on any atom is -0.303 e. The summed E-state index contributed by atoms with van der Waals surface area (Å²) in [6, 6.07) is 0.669. The van der Waals surface area contributed by atoms with E-state index in [4.69, 9.17) is 0 Å². The maximum atomic E-state index is 10.2. The number of carbonyl (C=O) groups excluding carboxylic acids is 1. The largest absolute Gasteiger partial charge is 0.303 e. The fourth-order valence-corrected chi connectivity index (χ4v) is 2.03. The van der Waals surface area contributed by atoms with Gasteiger partial charge in [0.15, 0.2) is 0 Å².